The predicted octanol–water partition coefficient (Wildman–Crippen LogP) is 4.60. The quantitative estimate of drug-likeness (QED) is 0.269. The van der Waals surface area contributed by atoms with Crippen LogP contribution in [0.4, 0.5) is 11.6 Å². The summed E-state index contributed by atoms with van der Waals surface area (Å²) in [4.78, 5) is 23.1. The van der Waals surface area contributed by atoms with Gasteiger partial charge in [0, 0.05) is 48.1 Å². The van der Waals surface area contributed by atoms with Crippen molar-refractivity contribution in [1.82, 2.24) is 14.5 Å². The highest BCUT2D eigenvalue weighted by molar-refractivity contribution is 6.35. The molecular formula is C28H32ClN5O4. The topological polar surface area (TPSA) is 111 Å². The Morgan fingerprint density at radius 2 is 1.82 bits per heavy atom. The number of benzene rings is 2. The van der Waals surface area contributed by atoms with E-state index in [9.17, 15) is 9.90 Å². The lowest BCUT2D eigenvalue weighted by atomic mass is 10.0. The molecule has 10 heteroatoms. The molecule has 0 saturated heterocycles. The van der Waals surface area contributed by atoms with Crippen LogP contribution in [-0.2, 0) is 13.0 Å². The molecule has 4 rings (SSSR count). The van der Waals surface area contributed by atoms with Gasteiger partial charge < -0.3 is 25.2 Å². The maximum atomic E-state index is 14.0. The lowest BCUT2D eigenvalue weighted by molar-refractivity contribution is 0.233. The first kappa shape index (κ1) is 27.2. The largest absolute Gasteiger partial charge is 0.497 e. The second-order valence-corrected chi connectivity index (χ2v) is 9.92. The number of fused-ring (bicyclic) bond motifs is 1. The molecule has 9 nitrogen and oxygen atoms in total. The minimum atomic E-state index is -0.640. The molecule has 2 aromatic heterocycles. The Balaban J connectivity index is 1.88. The van der Waals surface area contributed by atoms with Gasteiger partial charge in [0.25, 0.3) is 5.56 Å². The van der Waals surface area contributed by atoms with E-state index in [0.29, 0.717) is 57.6 Å². The molecule has 0 aliphatic rings. The van der Waals surface area contributed by atoms with E-state index >= 15 is 0 Å². The van der Waals surface area contributed by atoms with Crippen molar-refractivity contribution in [1.29, 1.82) is 0 Å². The zero-order chi connectivity index (χ0) is 27.4. The van der Waals surface area contributed by atoms with Crippen LogP contribution >= 0.6 is 11.6 Å². The molecule has 0 unspecified atom stereocenters. The molecule has 38 heavy (non-hydrogen) atoms. The summed E-state index contributed by atoms with van der Waals surface area (Å²) < 4.78 is 12.5. The van der Waals surface area contributed by atoms with Gasteiger partial charge in [0.15, 0.2) is 0 Å². The summed E-state index contributed by atoms with van der Waals surface area (Å²) in [7, 11) is 4.92. The first-order chi connectivity index (χ1) is 18.2. The van der Waals surface area contributed by atoms with Crippen LogP contribution in [-0.4, -0.2) is 53.1 Å². The van der Waals surface area contributed by atoms with Crippen LogP contribution in [0.5, 0.6) is 11.5 Å². The summed E-state index contributed by atoms with van der Waals surface area (Å²) in [6.07, 6.45) is 2.26. The van der Waals surface area contributed by atoms with Crippen LogP contribution in [0.25, 0.3) is 22.2 Å². The SMILES string of the molecule is CNc1ccc(CCn2c(=O)c(-c3cc(OC)cc(OC)c3Cl)cc3cnc(NC(C)(C)CO)nc32)cc1. The summed E-state index contributed by atoms with van der Waals surface area (Å²) >= 11 is 6.66. The zero-order valence-electron chi connectivity index (χ0n) is 22.1. The molecule has 2 heterocycles. The molecule has 0 saturated carbocycles. The number of aromatic nitrogens is 3. The fourth-order valence-corrected chi connectivity index (χ4v) is 4.36. The summed E-state index contributed by atoms with van der Waals surface area (Å²) in [5, 5.41) is 16.9. The van der Waals surface area contributed by atoms with Crippen LogP contribution in [0.2, 0.25) is 5.02 Å². The number of hydrogen-bond donors (Lipinski definition) is 3. The first-order valence-electron chi connectivity index (χ1n) is 12.2. The third kappa shape index (κ3) is 5.69. The third-order valence-electron chi connectivity index (χ3n) is 6.30. The highest BCUT2D eigenvalue weighted by Crippen LogP contribution is 2.38. The van der Waals surface area contributed by atoms with Crippen molar-refractivity contribution < 1.29 is 14.6 Å². The van der Waals surface area contributed by atoms with Crippen molar-refractivity contribution >= 4 is 34.3 Å². The maximum absolute atomic E-state index is 14.0. The highest BCUT2D eigenvalue weighted by atomic mass is 35.5. The molecule has 0 fully saturated rings. The molecule has 3 N–H and O–H groups in total. The van der Waals surface area contributed by atoms with E-state index in [-0.39, 0.29) is 12.2 Å². The number of aliphatic hydroxyl groups excluding tert-OH is 1. The van der Waals surface area contributed by atoms with Crippen molar-refractivity contribution in [2.45, 2.75) is 32.4 Å². The number of rotatable bonds is 10. The number of ether oxygens (including phenoxy) is 2. The van der Waals surface area contributed by atoms with E-state index in [4.69, 9.17) is 21.1 Å². The summed E-state index contributed by atoms with van der Waals surface area (Å²) in [5.41, 5.74) is 2.53. The van der Waals surface area contributed by atoms with Gasteiger partial charge in [-0.15, -0.1) is 0 Å². The molecule has 0 amide bonds. The molecule has 2 aromatic carbocycles. The molecule has 0 bridgehead atoms. The number of aliphatic hydroxyl groups is 1. The van der Waals surface area contributed by atoms with Gasteiger partial charge in [-0.2, -0.15) is 4.98 Å². The summed E-state index contributed by atoms with van der Waals surface area (Å²) in [6.45, 7) is 3.94. The van der Waals surface area contributed by atoms with E-state index < -0.39 is 5.54 Å². The average molecular weight is 538 g/mol. The van der Waals surface area contributed by atoms with Crippen LogP contribution in [0, 0.1) is 0 Å². The number of anilines is 2. The Morgan fingerprint density at radius 1 is 1.08 bits per heavy atom. The first-order valence-corrected chi connectivity index (χ1v) is 12.6. The number of aryl methyl sites for hydroxylation is 2. The lowest BCUT2D eigenvalue weighted by Gasteiger charge is -2.23. The Labute approximate surface area is 226 Å². The van der Waals surface area contributed by atoms with E-state index in [0.717, 1.165) is 11.3 Å². The van der Waals surface area contributed by atoms with Gasteiger partial charge in [-0.3, -0.25) is 9.36 Å². The van der Waals surface area contributed by atoms with Crippen molar-refractivity contribution in [3.63, 3.8) is 0 Å². The smallest absolute Gasteiger partial charge is 0.260 e. The molecule has 4 aromatic rings. The lowest BCUT2D eigenvalue weighted by Crippen LogP contribution is -2.36. The molecule has 200 valence electrons. The average Bonchev–Trinajstić information content (AvgIpc) is 2.92. The van der Waals surface area contributed by atoms with E-state index in [2.05, 4.69) is 20.6 Å². The number of hydrogen-bond acceptors (Lipinski definition) is 8. The number of methoxy groups -OCH3 is 2. The van der Waals surface area contributed by atoms with Gasteiger partial charge in [0.2, 0.25) is 5.95 Å². The third-order valence-corrected chi connectivity index (χ3v) is 6.69. The van der Waals surface area contributed by atoms with Gasteiger partial charge in [-0.1, -0.05) is 23.7 Å². The molecule has 0 atom stereocenters. The Bertz CT molecular complexity index is 1500. The van der Waals surface area contributed by atoms with Gasteiger partial charge in [0.05, 0.1) is 31.4 Å². The monoisotopic (exact) mass is 537 g/mol. The second kappa shape index (κ2) is 11.3. The minimum absolute atomic E-state index is 0.112. The summed E-state index contributed by atoms with van der Waals surface area (Å²) in [6, 6.07) is 13.2. The van der Waals surface area contributed by atoms with Crippen molar-refractivity contribution in [2.24, 2.45) is 0 Å². The maximum Gasteiger partial charge on any atom is 0.260 e. The van der Waals surface area contributed by atoms with Gasteiger partial charge in [0.1, 0.15) is 17.1 Å². The zero-order valence-corrected chi connectivity index (χ0v) is 22.9. The molecular weight excluding hydrogens is 506 g/mol. The predicted molar refractivity (Wildman–Crippen MR) is 152 cm³/mol. The number of nitrogens with zero attached hydrogens (tertiary/aromatic N) is 3. The van der Waals surface area contributed by atoms with E-state index in [1.165, 1.54) is 7.11 Å². The van der Waals surface area contributed by atoms with Crippen LogP contribution < -0.4 is 25.7 Å². The van der Waals surface area contributed by atoms with Crippen molar-refractivity contribution in [3.05, 3.63) is 69.6 Å². The van der Waals surface area contributed by atoms with E-state index in [1.807, 2.05) is 45.2 Å². The molecule has 0 aliphatic heterocycles. The fraction of sp³-hybridized carbons (Fsp3) is 0.321. The van der Waals surface area contributed by atoms with Gasteiger partial charge in [-0.05, 0) is 50.1 Å². The second-order valence-electron chi connectivity index (χ2n) is 9.54. The molecule has 0 aliphatic carbocycles. The van der Waals surface area contributed by atoms with Gasteiger partial charge >= 0.3 is 0 Å². The van der Waals surface area contributed by atoms with E-state index in [1.54, 1.807) is 36.1 Å². The normalized spacial score (nSPS) is 11.4. The Morgan fingerprint density at radius 3 is 2.45 bits per heavy atom. The number of halogens is 1. The van der Waals surface area contributed by atoms with Crippen LogP contribution in [0.15, 0.2) is 53.5 Å². The van der Waals surface area contributed by atoms with Crippen LogP contribution in [0.1, 0.15) is 19.4 Å². The van der Waals surface area contributed by atoms with Crippen molar-refractivity contribution in [3.8, 4) is 22.6 Å². The molecule has 0 spiro atoms. The number of pyridine rings is 1. The fourth-order valence-electron chi connectivity index (χ4n) is 4.08. The highest BCUT2D eigenvalue weighted by Gasteiger charge is 2.21. The Hall–Kier alpha value is -3.82. The van der Waals surface area contributed by atoms with Crippen molar-refractivity contribution in [2.75, 3.05) is 38.5 Å². The number of nitrogens with one attached hydrogen (secondary N) is 2. The summed E-state index contributed by atoms with van der Waals surface area (Å²) in [5.74, 6) is 1.23. The minimum Gasteiger partial charge on any atom is -0.497 e. The standard InChI is InChI=1S/C28H32ClN5O4/c1-28(2,16-35)33-27-31-15-18-12-22(21-13-20(37-4)14-23(38-5)24(21)29)26(36)34(25(18)32-27)11-10-17-6-8-19(30-3)9-7-17/h6-9,12-15,30,35H,10-11,16H2,1-5H3,(H,31,32,33). The Kier molecular flexibility index (Phi) is 8.08. The molecule has 0 radical (unpaired) electrons. The van der Waals surface area contributed by atoms with Gasteiger partial charge in [-0.25, -0.2) is 4.98 Å². The van der Waals surface area contributed by atoms with Crippen LogP contribution in [0.3, 0.4) is 0 Å².